The average Bonchev–Trinajstić information content (AvgIpc) is 2.59. The fourth-order valence-corrected chi connectivity index (χ4v) is 1.82. The van der Waals surface area contributed by atoms with Gasteiger partial charge in [-0.1, -0.05) is 54.6 Å². The summed E-state index contributed by atoms with van der Waals surface area (Å²) < 4.78 is 4.96. The molecule has 6 heteroatoms. The van der Waals surface area contributed by atoms with Crippen molar-refractivity contribution in [1.82, 2.24) is 10.8 Å². The lowest BCUT2D eigenvalue weighted by Crippen LogP contribution is -2.35. The van der Waals surface area contributed by atoms with Crippen molar-refractivity contribution in [2.45, 2.75) is 6.61 Å². The predicted molar refractivity (Wildman–Crippen MR) is 80.0 cm³/mol. The molecule has 0 aromatic heterocycles. The van der Waals surface area contributed by atoms with Crippen LogP contribution in [0.5, 0.6) is 0 Å². The molecule has 6 nitrogen and oxygen atoms in total. The summed E-state index contributed by atoms with van der Waals surface area (Å²) in [6.07, 6.45) is -0.726. The summed E-state index contributed by atoms with van der Waals surface area (Å²) in [5, 5.41) is 10.5. The molecule has 0 radical (unpaired) electrons. The van der Waals surface area contributed by atoms with E-state index in [9.17, 15) is 9.59 Å². The molecule has 0 bridgehead atoms. The number of ether oxygens (including phenoxy) is 1. The summed E-state index contributed by atoms with van der Waals surface area (Å²) in [7, 11) is 0. The van der Waals surface area contributed by atoms with Gasteiger partial charge in [-0.25, -0.2) is 10.3 Å². The Labute approximate surface area is 127 Å². The van der Waals surface area contributed by atoms with Gasteiger partial charge in [0, 0.05) is 0 Å². The maximum Gasteiger partial charge on any atom is 0.407 e. The zero-order valence-electron chi connectivity index (χ0n) is 11.8. The Morgan fingerprint density at radius 2 is 1.59 bits per heavy atom. The van der Waals surface area contributed by atoms with Gasteiger partial charge in [0.15, 0.2) is 0 Å². The first kappa shape index (κ1) is 15.5. The van der Waals surface area contributed by atoms with E-state index in [0.717, 1.165) is 16.7 Å². The van der Waals surface area contributed by atoms with Crippen LogP contribution in [0.4, 0.5) is 4.79 Å². The van der Waals surface area contributed by atoms with Crippen LogP contribution in [0.3, 0.4) is 0 Å². The van der Waals surface area contributed by atoms with Gasteiger partial charge in [0.1, 0.15) is 13.2 Å². The van der Waals surface area contributed by atoms with Crippen LogP contribution < -0.4 is 10.8 Å². The molecule has 0 aliphatic heterocycles. The molecule has 0 aliphatic rings. The molecule has 2 aromatic carbocycles. The highest BCUT2D eigenvalue weighted by molar-refractivity contribution is 5.81. The Kier molecular flexibility index (Phi) is 5.50. The normalized spacial score (nSPS) is 9.86. The van der Waals surface area contributed by atoms with Crippen molar-refractivity contribution in [2.24, 2.45) is 0 Å². The van der Waals surface area contributed by atoms with Crippen molar-refractivity contribution in [2.75, 3.05) is 6.54 Å². The Hall–Kier alpha value is -2.86. The number of rotatable bonds is 5. The molecule has 0 aliphatic carbocycles. The van der Waals surface area contributed by atoms with Gasteiger partial charge >= 0.3 is 6.09 Å². The van der Waals surface area contributed by atoms with E-state index < -0.39 is 12.0 Å². The minimum Gasteiger partial charge on any atom is -0.445 e. The first-order valence-electron chi connectivity index (χ1n) is 6.67. The summed E-state index contributed by atoms with van der Waals surface area (Å²) in [4.78, 5) is 22.1. The molecule has 2 rings (SSSR count). The highest BCUT2D eigenvalue weighted by atomic mass is 16.5. The first-order valence-corrected chi connectivity index (χ1v) is 6.67. The fourth-order valence-electron chi connectivity index (χ4n) is 1.82. The molecule has 0 heterocycles. The number of nitrogens with one attached hydrogen (secondary N) is 2. The summed E-state index contributed by atoms with van der Waals surface area (Å²) >= 11 is 0. The summed E-state index contributed by atoms with van der Waals surface area (Å²) in [6, 6.07) is 17.6. The van der Waals surface area contributed by atoms with E-state index in [1.54, 1.807) is 0 Å². The number of alkyl carbamates (subject to hydrolysis) is 1. The smallest absolute Gasteiger partial charge is 0.407 e. The Bertz CT molecular complexity index is 626. The van der Waals surface area contributed by atoms with Crippen LogP contribution in [0, 0.1) is 0 Å². The van der Waals surface area contributed by atoms with Gasteiger partial charge in [-0.2, -0.15) is 0 Å². The number of amides is 2. The van der Waals surface area contributed by atoms with Crippen LogP contribution in [0.15, 0.2) is 54.6 Å². The van der Waals surface area contributed by atoms with Gasteiger partial charge in [0.2, 0.25) is 0 Å². The van der Waals surface area contributed by atoms with Crippen molar-refractivity contribution in [3.8, 4) is 11.1 Å². The minimum atomic E-state index is -0.726. The van der Waals surface area contributed by atoms with Crippen LogP contribution in [-0.4, -0.2) is 23.8 Å². The zero-order valence-corrected chi connectivity index (χ0v) is 11.8. The van der Waals surface area contributed by atoms with Crippen molar-refractivity contribution in [3.05, 3.63) is 60.2 Å². The SMILES string of the molecule is O=C(CNC(=O)OCc1ccc(-c2ccccc2)cc1)NO. The van der Waals surface area contributed by atoms with Crippen LogP contribution in [0.2, 0.25) is 0 Å². The maximum atomic E-state index is 11.3. The van der Waals surface area contributed by atoms with E-state index in [-0.39, 0.29) is 13.2 Å². The molecular weight excluding hydrogens is 284 g/mol. The molecular formula is C16H16N2O4. The average molecular weight is 300 g/mol. The third-order valence-electron chi connectivity index (χ3n) is 2.95. The Morgan fingerprint density at radius 3 is 2.23 bits per heavy atom. The summed E-state index contributed by atoms with van der Waals surface area (Å²) in [5.41, 5.74) is 4.43. The van der Waals surface area contributed by atoms with Gasteiger partial charge in [-0.15, -0.1) is 0 Å². The van der Waals surface area contributed by atoms with E-state index in [0.29, 0.717) is 0 Å². The van der Waals surface area contributed by atoms with Crippen LogP contribution in [0.25, 0.3) is 11.1 Å². The molecule has 2 amide bonds. The molecule has 2 aromatic rings. The number of carbonyl (C=O) groups is 2. The minimum absolute atomic E-state index is 0.0989. The first-order chi connectivity index (χ1) is 10.7. The van der Waals surface area contributed by atoms with E-state index in [2.05, 4.69) is 5.32 Å². The standard InChI is InChI=1S/C16H16N2O4/c19-15(18-21)10-17-16(20)22-11-12-6-8-14(9-7-12)13-4-2-1-3-5-13/h1-9,21H,10-11H2,(H,17,20)(H,18,19). The Morgan fingerprint density at radius 1 is 0.955 bits per heavy atom. The van der Waals surface area contributed by atoms with E-state index in [1.165, 1.54) is 5.48 Å². The van der Waals surface area contributed by atoms with E-state index in [1.807, 2.05) is 54.6 Å². The second-order valence-electron chi connectivity index (χ2n) is 4.53. The van der Waals surface area contributed by atoms with Gasteiger partial charge in [0.25, 0.3) is 5.91 Å². The van der Waals surface area contributed by atoms with Crippen molar-refractivity contribution >= 4 is 12.0 Å². The third kappa shape index (κ3) is 4.60. The lowest BCUT2D eigenvalue weighted by molar-refractivity contribution is -0.128. The molecule has 0 fully saturated rings. The molecule has 0 atom stereocenters. The Balaban J connectivity index is 1.84. The van der Waals surface area contributed by atoms with Crippen molar-refractivity contribution < 1.29 is 19.5 Å². The van der Waals surface area contributed by atoms with Crippen LogP contribution in [-0.2, 0) is 16.1 Å². The maximum absolute atomic E-state index is 11.3. The lowest BCUT2D eigenvalue weighted by atomic mass is 10.0. The molecule has 0 saturated carbocycles. The van der Waals surface area contributed by atoms with Gasteiger partial charge in [-0.05, 0) is 16.7 Å². The van der Waals surface area contributed by atoms with E-state index >= 15 is 0 Å². The van der Waals surface area contributed by atoms with Gasteiger partial charge in [-0.3, -0.25) is 10.0 Å². The van der Waals surface area contributed by atoms with E-state index in [4.69, 9.17) is 9.94 Å². The summed E-state index contributed by atoms with van der Waals surface area (Å²) in [6.45, 7) is -0.246. The monoisotopic (exact) mass is 300 g/mol. The number of benzene rings is 2. The number of hydrogen-bond acceptors (Lipinski definition) is 4. The molecule has 0 spiro atoms. The molecule has 0 unspecified atom stereocenters. The summed E-state index contributed by atoms with van der Waals surface area (Å²) in [5.74, 6) is -0.718. The molecule has 3 N–H and O–H groups in total. The largest absolute Gasteiger partial charge is 0.445 e. The lowest BCUT2D eigenvalue weighted by Gasteiger charge is -2.07. The highest BCUT2D eigenvalue weighted by Gasteiger charge is 2.05. The fraction of sp³-hybridized carbons (Fsp3) is 0.125. The van der Waals surface area contributed by atoms with Crippen LogP contribution in [0.1, 0.15) is 5.56 Å². The van der Waals surface area contributed by atoms with Gasteiger partial charge < -0.3 is 10.1 Å². The topological polar surface area (TPSA) is 87.7 Å². The number of hydroxylamine groups is 1. The quantitative estimate of drug-likeness (QED) is 0.583. The number of hydrogen-bond donors (Lipinski definition) is 3. The van der Waals surface area contributed by atoms with Crippen molar-refractivity contribution in [1.29, 1.82) is 0 Å². The van der Waals surface area contributed by atoms with Gasteiger partial charge in [0.05, 0.1) is 0 Å². The molecule has 114 valence electrons. The molecule has 0 saturated heterocycles. The van der Waals surface area contributed by atoms with Crippen molar-refractivity contribution in [3.63, 3.8) is 0 Å². The second-order valence-corrected chi connectivity index (χ2v) is 4.53. The molecule has 22 heavy (non-hydrogen) atoms. The third-order valence-corrected chi connectivity index (χ3v) is 2.95. The highest BCUT2D eigenvalue weighted by Crippen LogP contribution is 2.19. The van der Waals surface area contributed by atoms with Crippen LogP contribution >= 0.6 is 0 Å². The zero-order chi connectivity index (χ0) is 15.8. The number of carbonyl (C=O) groups excluding carboxylic acids is 2. The predicted octanol–water partition coefficient (Wildman–Crippen LogP) is 2.09. The second kappa shape index (κ2) is 7.80.